The monoisotopic (exact) mass is 460 g/mol. The number of nitrogens with zero attached hydrogens (tertiary/aromatic N) is 1. The molecule has 0 radical (unpaired) electrons. The minimum Gasteiger partial charge on any atom is -0.232 e. The van der Waals surface area contributed by atoms with E-state index in [9.17, 15) is 17.2 Å². The minimum absolute atomic E-state index is 0.208. The van der Waals surface area contributed by atoms with Crippen molar-refractivity contribution >= 4 is 55.2 Å². The second-order valence-corrected chi connectivity index (χ2v) is 6.29. The number of halogens is 4. The van der Waals surface area contributed by atoms with Gasteiger partial charge in [-0.1, -0.05) is 0 Å². The summed E-state index contributed by atoms with van der Waals surface area (Å²) in [6.45, 7) is 0. The molecule has 9 heteroatoms. The molecule has 0 aliphatic heterocycles. The third kappa shape index (κ3) is 3.17. The van der Waals surface area contributed by atoms with E-state index < -0.39 is 27.2 Å². The molecule has 1 rings (SSSR count). The number of alkyl halides is 2. The van der Waals surface area contributed by atoms with E-state index in [1.54, 1.807) is 45.2 Å². The number of nitrogens with two attached hydrogens (primary N) is 1. The lowest BCUT2D eigenvalue weighted by molar-refractivity contribution is 0.144. The molecule has 0 atom stereocenters. The van der Waals surface area contributed by atoms with Crippen molar-refractivity contribution in [1.29, 1.82) is 0 Å². The molecule has 4 nitrogen and oxygen atoms in total. The molecule has 0 aliphatic carbocycles. The van der Waals surface area contributed by atoms with Crippen molar-refractivity contribution in [3.05, 3.63) is 18.9 Å². The van der Waals surface area contributed by atoms with E-state index in [2.05, 4.69) is 4.98 Å². The normalized spacial score (nSPS) is 12.1. The van der Waals surface area contributed by atoms with Crippen LogP contribution in [0.2, 0.25) is 0 Å². The Kier molecular flexibility index (Phi) is 4.22. The molecule has 0 fully saturated rings. The molecular formula is C6H4F2I2N2O2S. The van der Waals surface area contributed by atoms with Gasteiger partial charge in [0.25, 0.3) is 16.4 Å². The smallest absolute Gasteiger partial charge is 0.232 e. The zero-order valence-electron chi connectivity index (χ0n) is 6.92. The van der Waals surface area contributed by atoms with E-state index in [-0.39, 0.29) is 7.14 Å². The summed E-state index contributed by atoms with van der Waals surface area (Å²) >= 11 is 3.34. The summed E-state index contributed by atoms with van der Waals surface area (Å²) in [5.41, 5.74) is -0.569. The standard InChI is InChI=1S/C6H4F2I2N2O2S/c7-5(8)4-2(9)1-3(10)6(12-4)15(11,13)14/h1,5H,(H2,11,13,14). The molecule has 0 amide bonds. The highest BCUT2D eigenvalue weighted by molar-refractivity contribution is 14.1. The predicted octanol–water partition coefficient (Wildman–Crippen LogP) is 1.88. The topological polar surface area (TPSA) is 73.1 Å². The van der Waals surface area contributed by atoms with Gasteiger partial charge in [0.2, 0.25) is 0 Å². The van der Waals surface area contributed by atoms with Gasteiger partial charge < -0.3 is 0 Å². The Labute approximate surface area is 112 Å². The zero-order valence-corrected chi connectivity index (χ0v) is 12.0. The lowest BCUT2D eigenvalue weighted by Gasteiger charge is -2.06. The molecule has 0 saturated carbocycles. The van der Waals surface area contributed by atoms with Crippen LogP contribution >= 0.6 is 45.2 Å². The average molecular weight is 460 g/mol. The van der Waals surface area contributed by atoms with Crippen molar-refractivity contribution < 1.29 is 17.2 Å². The summed E-state index contributed by atoms with van der Waals surface area (Å²) < 4.78 is 47.3. The summed E-state index contributed by atoms with van der Waals surface area (Å²) in [7, 11) is -4.06. The molecular weight excluding hydrogens is 456 g/mol. The van der Waals surface area contributed by atoms with Gasteiger partial charge in [-0.25, -0.2) is 27.3 Å². The van der Waals surface area contributed by atoms with Crippen LogP contribution in [0.4, 0.5) is 8.78 Å². The Morgan fingerprint density at radius 2 is 1.87 bits per heavy atom. The number of primary sulfonamides is 1. The highest BCUT2D eigenvalue weighted by Crippen LogP contribution is 2.26. The maximum Gasteiger partial charge on any atom is 0.281 e. The third-order valence-electron chi connectivity index (χ3n) is 1.40. The van der Waals surface area contributed by atoms with E-state index in [0.717, 1.165) is 0 Å². The summed E-state index contributed by atoms with van der Waals surface area (Å²) in [5.74, 6) is 0. The maximum absolute atomic E-state index is 12.4. The number of hydrogen-bond donors (Lipinski definition) is 1. The van der Waals surface area contributed by atoms with E-state index in [4.69, 9.17) is 5.14 Å². The maximum atomic E-state index is 12.4. The fourth-order valence-electron chi connectivity index (χ4n) is 0.816. The quantitative estimate of drug-likeness (QED) is 0.686. The Hall–Kier alpha value is 0.380. The van der Waals surface area contributed by atoms with Crippen LogP contribution in [0.15, 0.2) is 11.1 Å². The Bertz CT molecular complexity index is 492. The zero-order chi connectivity index (χ0) is 11.8. The van der Waals surface area contributed by atoms with E-state index in [1.807, 2.05) is 0 Å². The van der Waals surface area contributed by atoms with Crippen molar-refractivity contribution in [3.8, 4) is 0 Å². The summed E-state index contributed by atoms with van der Waals surface area (Å²) in [5, 5.41) is 4.32. The largest absolute Gasteiger partial charge is 0.281 e. The average Bonchev–Trinajstić information content (AvgIpc) is 2.00. The van der Waals surface area contributed by atoms with Gasteiger partial charge in [0, 0.05) is 3.57 Å². The number of hydrogen-bond acceptors (Lipinski definition) is 3. The van der Waals surface area contributed by atoms with Gasteiger partial charge in [-0.15, -0.1) is 0 Å². The Morgan fingerprint density at radius 1 is 1.33 bits per heavy atom. The number of pyridine rings is 1. The second kappa shape index (κ2) is 4.71. The first kappa shape index (κ1) is 13.4. The van der Waals surface area contributed by atoms with Crippen molar-refractivity contribution in [1.82, 2.24) is 4.98 Å². The van der Waals surface area contributed by atoms with Crippen molar-refractivity contribution in [2.45, 2.75) is 11.5 Å². The van der Waals surface area contributed by atoms with Crippen LogP contribution in [-0.4, -0.2) is 13.4 Å². The molecule has 1 aromatic heterocycles. The number of rotatable bonds is 2. The van der Waals surface area contributed by atoms with Gasteiger partial charge in [-0.3, -0.25) is 0 Å². The molecule has 0 spiro atoms. The van der Waals surface area contributed by atoms with Crippen molar-refractivity contribution in [3.63, 3.8) is 0 Å². The van der Waals surface area contributed by atoms with E-state index >= 15 is 0 Å². The van der Waals surface area contributed by atoms with Gasteiger partial charge in [0.1, 0.15) is 5.69 Å². The Balaban J connectivity index is 3.50. The highest BCUT2D eigenvalue weighted by Gasteiger charge is 2.21. The molecule has 2 N–H and O–H groups in total. The molecule has 0 unspecified atom stereocenters. The van der Waals surface area contributed by atoms with E-state index in [0.29, 0.717) is 0 Å². The van der Waals surface area contributed by atoms with Gasteiger partial charge in [0.15, 0.2) is 5.03 Å². The second-order valence-electron chi connectivity index (χ2n) is 2.49. The first-order valence-electron chi connectivity index (χ1n) is 3.40. The molecule has 0 bridgehead atoms. The van der Waals surface area contributed by atoms with Crippen molar-refractivity contribution in [2.24, 2.45) is 5.14 Å². The predicted molar refractivity (Wildman–Crippen MR) is 66.0 cm³/mol. The molecule has 15 heavy (non-hydrogen) atoms. The number of aromatic nitrogens is 1. The van der Waals surface area contributed by atoms with Gasteiger partial charge in [-0.2, -0.15) is 0 Å². The van der Waals surface area contributed by atoms with Crippen LogP contribution in [0, 0.1) is 7.14 Å². The van der Waals surface area contributed by atoms with Gasteiger partial charge in [0.05, 0.1) is 3.57 Å². The molecule has 0 saturated heterocycles. The number of sulfonamides is 1. The fraction of sp³-hybridized carbons (Fsp3) is 0.167. The fourth-order valence-corrected chi connectivity index (χ4v) is 3.99. The summed E-state index contributed by atoms with van der Waals surface area (Å²) in [4.78, 5) is 3.36. The highest BCUT2D eigenvalue weighted by atomic mass is 127. The van der Waals surface area contributed by atoms with Crippen LogP contribution in [0.1, 0.15) is 12.1 Å². The molecule has 84 valence electrons. The van der Waals surface area contributed by atoms with Crippen LogP contribution in [0.3, 0.4) is 0 Å². The lowest BCUT2D eigenvalue weighted by Crippen LogP contribution is -2.17. The summed E-state index contributed by atoms with van der Waals surface area (Å²) in [6.07, 6.45) is -2.82. The third-order valence-corrected chi connectivity index (χ3v) is 4.30. The lowest BCUT2D eigenvalue weighted by atomic mass is 10.4. The van der Waals surface area contributed by atoms with E-state index in [1.165, 1.54) is 6.07 Å². The molecule has 0 aromatic carbocycles. The van der Waals surface area contributed by atoms with Crippen LogP contribution < -0.4 is 5.14 Å². The van der Waals surface area contributed by atoms with Gasteiger partial charge >= 0.3 is 0 Å². The van der Waals surface area contributed by atoms with Gasteiger partial charge in [-0.05, 0) is 51.2 Å². The Morgan fingerprint density at radius 3 is 2.27 bits per heavy atom. The first-order valence-corrected chi connectivity index (χ1v) is 7.10. The van der Waals surface area contributed by atoms with Crippen LogP contribution in [-0.2, 0) is 10.0 Å². The minimum atomic E-state index is -4.06. The molecule has 1 aromatic rings. The van der Waals surface area contributed by atoms with Crippen LogP contribution in [0.25, 0.3) is 0 Å². The van der Waals surface area contributed by atoms with Crippen LogP contribution in [0.5, 0.6) is 0 Å². The summed E-state index contributed by atoms with van der Waals surface area (Å²) in [6, 6.07) is 1.30. The van der Waals surface area contributed by atoms with Crippen molar-refractivity contribution in [2.75, 3.05) is 0 Å². The molecule has 1 heterocycles. The molecule has 0 aliphatic rings. The SMILES string of the molecule is NS(=O)(=O)c1nc(C(F)F)c(I)cc1I. The first-order chi connectivity index (χ1) is 6.73.